The quantitative estimate of drug-likeness (QED) is 0.778. The Bertz CT molecular complexity index is 328. The van der Waals surface area contributed by atoms with Crippen LogP contribution in [0.4, 0.5) is 0 Å². The summed E-state index contributed by atoms with van der Waals surface area (Å²) in [4.78, 5) is 2.36. The highest BCUT2D eigenvalue weighted by molar-refractivity contribution is 5.14. The molecule has 1 unspecified atom stereocenters. The first-order valence-electron chi connectivity index (χ1n) is 5.67. The largest absolute Gasteiger partial charge is 0.352 e. The minimum absolute atomic E-state index is 0.451. The number of nitrogens with zero attached hydrogens (tertiary/aromatic N) is 1. The van der Waals surface area contributed by atoms with Crippen molar-refractivity contribution >= 4 is 0 Å². The molecule has 1 saturated heterocycles. The van der Waals surface area contributed by atoms with E-state index in [1.54, 1.807) is 7.11 Å². The highest BCUT2D eigenvalue weighted by Crippen LogP contribution is 2.19. The van der Waals surface area contributed by atoms with Gasteiger partial charge in [0.15, 0.2) is 5.79 Å². The molecule has 0 amide bonds. The van der Waals surface area contributed by atoms with Gasteiger partial charge in [-0.1, -0.05) is 30.3 Å². The zero-order valence-corrected chi connectivity index (χ0v) is 9.98. The first-order chi connectivity index (χ1) is 7.72. The van der Waals surface area contributed by atoms with Gasteiger partial charge in [0.25, 0.3) is 0 Å². The Balaban J connectivity index is 1.96. The van der Waals surface area contributed by atoms with Gasteiger partial charge in [0.05, 0.1) is 13.2 Å². The molecule has 16 heavy (non-hydrogen) atoms. The molecule has 0 N–H and O–H groups in total. The van der Waals surface area contributed by atoms with E-state index in [-0.39, 0.29) is 0 Å². The molecule has 0 saturated carbocycles. The molecule has 1 fully saturated rings. The molecule has 0 aromatic heterocycles. The molecule has 1 aliphatic rings. The molecular formula is C13H19NO2. The number of benzene rings is 1. The number of hydrogen-bond acceptors (Lipinski definition) is 3. The van der Waals surface area contributed by atoms with E-state index >= 15 is 0 Å². The lowest BCUT2D eigenvalue weighted by molar-refractivity contribution is -0.244. The van der Waals surface area contributed by atoms with E-state index in [0.717, 1.165) is 26.2 Å². The number of rotatable bonds is 3. The van der Waals surface area contributed by atoms with Crippen LogP contribution in [0.1, 0.15) is 12.5 Å². The Morgan fingerprint density at radius 1 is 1.38 bits per heavy atom. The Labute approximate surface area is 97.0 Å². The molecule has 0 aliphatic carbocycles. The summed E-state index contributed by atoms with van der Waals surface area (Å²) >= 11 is 0. The predicted octanol–water partition coefficient (Wildman–Crippen LogP) is 1.88. The van der Waals surface area contributed by atoms with E-state index in [1.165, 1.54) is 5.56 Å². The molecule has 0 radical (unpaired) electrons. The second-order valence-electron chi connectivity index (χ2n) is 4.38. The second kappa shape index (κ2) is 4.95. The Morgan fingerprint density at radius 3 is 2.81 bits per heavy atom. The fraction of sp³-hybridized carbons (Fsp3) is 0.538. The SMILES string of the molecule is COC1(C)CN(Cc2ccccc2)CCO1. The summed E-state index contributed by atoms with van der Waals surface area (Å²) in [6.07, 6.45) is 0. The molecule has 3 nitrogen and oxygen atoms in total. The van der Waals surface area contributed by atoms with Gasteiger partial charge in [0, 0.05) is 20.2 Å². The normalized spacial score (nSPS) is 26.9. The van der Waals surface area contributed by atoms with Crippen molar-refractivity contribution in [1.82, 2.24) is 4.90 Å². The Morgan fingerprint density at radius 2 is 2.12 bits per heavy atom. The van der Waals surface area contributed by atoms with Crippen LogP contribution < -0.4 is 0 Å². The van der Waals surface area contributed by atoms with E-state index in [1.807, 2.05) is 13.0 Å². The van der Waals surface area contributed by atoms with E-state index < -0.39 is 5.79 Å². The molecule has 1 heterocycles. The van der Waals surface area contributed by atoms with Crippen molar-refractivity contribution in [2.75, 3.05) is 26.8 Å². The summed E-state index contributed by atoms with van der Waals surface area (Å²) in [6.45, 7) is 5.47. The molecule has 88 valence electrons. The Kier molecular flexibility index (Phi) is 3.59. The van der Waals surface area contributed by atoms with Crippen LogP contribution in [0.3, 0.4) is 0 Å². The number of morpholine rings is 1. The second-order valence-corrected chi connectivity index (χ2v) is 4.38. The minimum Gasteiger partial charge on any atom is -0.352 e. The van der Waals surface area contributed by atoms with Crippen molar-refractivity contribution in [2.45, 2.75) is 19.3 Å². The first-order valence-corrected chi connectivity index (χ1v) is 5.67. The van der Waals surface area contributed by atoms with Crippen LogP contribution in [0.15, 0.2) is 30.3 Å². The van der Waals surface area contributed by atoms with E-state index in [2.05, 4.69) is 29.2 Å². The average Bonchev–Trinajstić information content (AvgIpc) is 2.30. The van der Waals surface area contributed by atoms with Crippen LogP contribution in [0, 0.1) is 0 Å². The number of hydrogen-bond donors (Lipinski definition) is 0. The lowest BCUT2D eigenvalue weighted by atomic mass is 10.2. The van der Waals surface area contributed by atoms with Crippen molar-refractivity contribution in [3.05, 3.63) is 35.9 Å². The highest BCUT2D eigenvalue weighted by Gasteiger charge is 2.31. The smallest absolute Gasteiger partial charge is 0.177 e. The number of ether oxygens (including phenoxy) is 2. The van der Waals surface area contributed by atoms with Crippen LogP contribution in [0.25, 0.3) is 0 Å². The first kappa shape index (κ1) is 11.6. The average molecular weight is 221 g/mol. The van der Waals surface area contributed by atoms with Gasteiger partial charge in [-0.2, -0.15) is 0 Å². The van der Waals surface area contributed by atoms with Gasteiger partial charge >= 0.3 is 0 Å². The zero-order valence-electron chi connectivity index (χ0n) is 9.98. The fourth-order valence-corrected chi connectivity index (χ4v) is 2.02. The topological polar surface area (TPSA) is 21.7 Å². The Hall–Kier alpha value is -0.900. The molecule has 1 atom stereocenters. The summed E-state index contributed by atoms with van der Waals surface area (Å²) in [7, 11) is 1.70. The van der Waals surface area contributed by atoms with E-state index in [9.17, 15) is 0 Å². The molecule has 1 aliphatic heterocycles. The third-order valence-electron chi connectivity index (χ3n) is 3.01. The lowest BCUT2D eigenvalue weighted by Crippen LogP contribution is -2.50. The molecule has 0 spiro atoms. The molecule has 1 aromatic rings. The summed E-state index contributed by atoms with van der Waals surface area (Å²) < 4.78 is 11.0. The van der Waals surface area contributed by atoms with E-state index in [4.69, 9.17) is 9.47 Å². The van der Waals surface area contributed by atoms with Crippen molar-refractivity contribution in [1.29, 1.82) is 0 Å². The van der Waals surface area contributed by atoms with Crippen LogP contribution in [-0.4, -0.2) is 37.5 Å². The van der Waals surface area contributed by atoms with Gasteiger partial charge in [-0.25, -0.2) is 0 Å². The third kappa shape index (κ3) is 2.82. The molecule has 2 rings (SSSR count). The minimum atomic E-state index is -0.451. The molecule has 3 heteroatoms. The van der Waals surface area contributed by atoms with Crippen molar-refractivity contribution in [2.24, 2.45) is 0 Å². The fourth-order valence-electron chi connectivity index (χ4n) is 2.02. The summed E-state index contributed by atoms with van der Waals surface area (Å²) in [5.41, 5.74) is 1.34. The highest BCUT2D eigenvalue weighted by atomic mass is 16.7. The molecular weight excluding hydrogens is 202 g/mol. The summed E-state index contributed by atoms with van der Waals surface area (Å²) in [5, 5.41) is 0. The van der Waals surface area contributed by atoms with Crippen LogP contribution in [0.2, 0.25) is 0 Å². The monoisotopic (exact) mass is 221 g/mol. The van der Waals surface area contributed by atoms with Crippen LogP contribution in [0.5, 0.6) is 0 Å². The van der Waals surface area contributed by atoms with Gasteiger partial charge in [-0.05, 0) is 12.5 Å². The predicted molar refractivity (Wildman–Crippen MR) is 63.1 cm³/mol. The summed E-state index contributed by atoms with van der Waals surface area (Å²) in [6, 6.07) is 10.5. The van der Waals surface area contributed by atoms with Crippen molar-refractivity contribution in [3.63, 3.8) is 0 Å². The van der Waals surface area contributed by atoms with Crippen molar-refractivity contribution in [3.8, 4) is 0 Å². The lowest BCUT2D eigenvalue weighted by Gasteiger charge is -2.39. The summed E-state index contributed by atoms with van der Waals surface area (Å²) in [5.74, 6) is -0.451. The van der Waals surface area contributed by atoms with Gasteiger partial charge in [0.1, 0.15) is 0 Å². The molecule has 1 aromatic carbocycles. The molecule has 0 bridgehead atoms. The standard InChI is InChI=1S/C13H19NO2/c1-13(15-2)11-14(8-9-16-13)10-12-6-4-3-5-7-12/h3-7H,8-11H2,1-2H3. The van der Waals surface area contributed by atoms with E-state index in [0.29, 0.717) is 0 Å². The van der Waals surface area contributed by atoms with Gasteiger partial charge in [0.2, 0.25) is 0 Å². The maximum atomic E-state index is 5.62. The third-order valence-corrected chi connectivity index (χ3v) is 3.01. The van der Waals surface area contributed by atoms with Gasteiger partial charge in [-0.15, -0.1) is 0 Å². The van der Waals surface area contributed by atoms with Gasteiger partial charge < -0.3 is 9.47 Å². The number of methoxy groups -OCH3 is 1. The zero-order chi connectivity index (χ0) is 11.4. The van der Waals surface area contributed by atoms with Crippen LogP contribution >= 0.6 is 0 Å². The van der Waals surface area contributed by atoms with Crippen molar-refractivity contribution < 1.29 is 9.47 Å². The van der Waals surface area contributed by atoms with Gasteiger partial charge in [-0.3, -0.25) is 4.90 Å². The van der Waals surface area contributed by atoms with Crippen LogP contribution in [-0.2, 0) is 16.0 Å². The maximum absolute atomic E-state index is 5.62. The maximum Gasteiger partial charge on any atom is 0.177 e.